The molecule has 0 saturated heterocycles. The fraction of sp³-hybridized carbons (Fsp3) is 0.133. The van der Waals surface area contributed by atoms with Gasteiger partial charge in [0.1, 0.15) is 11.5 Å². The molecule has 22 heavy (non-hydrogen) atoms. The fourth-order valence-corrected chi connectivity index (χ4v) is 2.14. The van der Waals surface area contributed by atoms with E-state index in [1.807, 2.05) is 0 Å². The molecule has 7 heteroatoms. The fourth-order valence-electron chi connectivity index (χ4n) is 2.14. The van der Waals surface area contributed by atoms with Crippen LogP contribution in [-0.2, 0) is 5.60 Å². The number of aliphatic hydroxyl groups is 1. The van der Waals surface area contributed by atoms with Gasteiger partial charge in [-0.15, -0.1) is 0 Å². The molecule has 0 fully saturated rings. The summed E-state index contributed by atoms with van der Waals surface area (Å²) < 4.78 is 0. The molecular formula is C15H13NO6. The van der Waals surface area contributed by atoms with Crippen molar-refractivity contribution in [2.45, 2.75) is 12.5 Å². The molecule has 0 heterocycles. The normalized spacial score (nSPS) is 13.4. The standard InChI is InChI=1S/C15H13NO6/c1-15(20,11-4-2-3-5-12(11)16(21)22)14(19)10-7-6-9(17)8-13(10)18/h2-8,17-18,20H,1H3. The minimum Gasteiger partial charge on any atom is -0.508 e. The summed E-state index contributed by atoms with van der Waals surface area (Å²) in [5.41, 5.74) is -3.05. The smallest absolute Gasteiger partial charge is 0.275 e. The monoisotopic (exact) mass is 303 g/mol. The number of nitro groups is 1. The summed E-state index contributed by atoms with van der Waals surface area (Å²) in [6.45, 7) is 1.12. The summed E-state index contributed by atoms with van der Waals surface area (Å²) >= 11 is 0. The van der Waals surface area contributed by atoms with Crippen LogP contribution in [-0.4, -0.2) is 26.0 Å². The van der Waals surface area contributed by atoms with Crippen LogP contribution in [0.4, 0.5) is 5.69 Å². The third kappa shape index (κ3) is 2.61. The summed E-state index contributed by atoms with van der Waals surface area (Å²) in [4.78, 5) is 22.8. The maximum atomic E-state index is 12.5. The molecule has 0 aliphatic heterocycles. The molecule has 0 aromatic heterocycles. The summed E-state index contributed by atoms with van der Waals surface area (Å²) in [5, 5.41) is 40.5. The number of rotatable bonds is 4. The van der Waals surface area contributed by atoms with Gasteiger partial charge >= 0.3 is 0 Å². The molecule has 3 N–H and O–H groups in total. The lowest BCUT2D eigenvalue weighted by Crippen LogP contribution is -2.33. The van der Waals surface area contributed by atoms with E-state index in [4.69, 9.17) is 0 Å². The molecule has 0 bridgehead atoms. The van der Waals surface area contributed by atoms with Crippen molar-refractivity contribution in [3.8, 4) is 11.5 Å². The minimum absolute atomic E-state index is 0.183. The Kier molecular flexibility index (Phi) is 3.83. The minimum atomic E-state index is -2.21. The molecule has 2 rings (SSSR count). The number of carbonyl (C=O) groups excluding carboxylic acids is 1. The highest BCUT2D eigenvalue weighted by molar-refractivity contribution is 6.05. The number of carbonyl (C=O) groups is 1. The molecular weight excluding hydrogens is 290 g/mol. The Morgan fingerprint density at radius 1 is 1.18 bits per heavy atom. The number of ketones is 1. The first-order valence-corrected chi connectivity index (χ1v) is 6.28. The van der Waals surface area contributed by atoms with Crippen LogP contribution in [0, 0.1) is 10.1 Å². The maximum absolute atomic E-state index is 12.5. The Morgan fingerprint density at radius 3 is 2.41 bits per heavy atom. The highest BCUT2D eigenvalue weighted by Crippen LogP contribution is 2.35. The number of Topliss-reactive ketones (excluding diaryl/α,β-unsaturated/α-hetero) is 1. The Bertz CT molecular complexity index is 753. The van der Waals surface area contributed by atoms with Gasteiger partial charge in [-0.25, -0.2) is 0 Å². The van der Waals surface area contributed by atoms with Crippen molar-refractivity contribution in [1.82, 2.24) is 0 Å². The van der Waals surface area contributed by atoms with Crippen LogP contribution < -0.4 is 0 Å². The molecule has 2 aromatic rings. The lowest BCUT2D eigenvalue weighted by atomic mass is 9.86. The predicted octanol–water partition coefficient (Wildman–Crippen LogP) is 2.10. The summed E-state index contributed by atoms with van der Waals surface area (Å²) in [6.07, 6.45) is 0. The Morgan fingerprint density at radius 2 is 1.82 bits per heavy atom. The van der Waals surface area contributed by atoms with Crippen LogP contribution in [0.25, 0.3) is 0 Å². The Labute approximate surface area is 125 Å². The van der Waals surface area contributed by atoms with Crippen LogP contribution in [0.1, 0.15) is 22.8 Å². The van der Waals surface area contributed by atoms with E-state index in [0.717, 1.165) is 19.1 Å². The SMILES string of the molecule is CC(O)(C(=O)c1ccc(O)cc1O)c1ccccc1[N+](=O)[O-]. The third-order valence-electron chi connectivity index (χ3n) is 3.29. The number of hydrogen-bond donors (Lipinski definition) is 3. The largest absolute Gasteiger partial charge is 0.508 e. The van der Waals surface area contributed by atoms with Crippen LogP contribution in [0.2, 0.25) is 0 Å². The van der Waals surface area contributed by atoms with Gasteiger partial charge < -0.3 is 15.3 Å². The first-order valence-electron chi connectivity index (χ1n) is 6.28. The number of aromatic hydroxyl groups is 2. The Hall–Kier alpha value is -2.93. The van der Waals surface area contributed by atoms with Gasteiger partial charge in [-0.2, -0.15) is 0 Å². The number of benzene rings is 2. The maximum Gasteiger partial charge on any atom is 0.275 e. The second-order valence-electron chi connectivity index (χ2n) is 4.88. The van der Waals surface area contributed by atoms with Gasteiger partial charge in [-0.1, -0.05) is 12.1 Å². The van der Waals surface area contributed by atoms with E-state index in [1.165, 1.54) is 30.3 Å². The van der Waals surface area contributed by atoms with Crippen molar-refractivity contribution in [3.05, 3.63) is 63.7 Å². The molecule has 114 valence electrons. The van der Waals surface area contributed by atoms with Crippen molar-refractivity contribution >= 4 is 11.5 Å². The number of para-hydroxylation sites is 1. The van der Waals surface area contributed by atoms with Gasteiger partial charge in [0.05, 0.1) is 16.1 Å². The number of nitrogens with zero attached hydrogens (tertiary/aromatic N) is 1. The van der Waals surface area contributed by atoms with E-state index in [9.17, 15) is 30.2 Å². The van der Waals surface area contributed by atoms with Crippen molar-refractivity contribution in [2.75, 3.05) is 0 Å². The average Bonchev–Trinajstić information content (AvgIpc) is 2.46. The lowest BCUT2D eigenvalue weighted by Gasteiger charge is -2.22. The van der Waals surface area contributed by atoms with E-state index >= 15 is 0 Å². The number of phenolic OH excluding ortho intramolecular Hbond substituents is 2. The number of hydrogen-bond acceptors (Lipinski definition) is 6. The van der Waals surface area contributed by atoms with E-state index in [0.29, 0.717) is 0 Å². The Balaban J connectivity index is 2.55. The quantitative estimate of drug-likeness (QED) is 0.452. The molecule has 0 aliphatic carbocycles. The molecule has 7 nitrogen and oxygen atoms in total. The third-order valence-corrected chi connectivity index (χ3v) is 3.29. The number of nitro benzene ring substituents is 1. The van der Waals surface area contributed by atoms with Crippen molar-refractivity contribution in [3.63, 3.8) is 0 Å². The van der Waals surface area contributed by atoms with Crippen molar-refractivity contribution in [2.24, 2.45) is 0 Å². The summed E-state index contributed by atoms with van der Waals surface area (Å²) in [7, 11) is 0. The highest BCUT2D eigenvalue weighted by Gasteiger charge is 2.39. The molecule has 2 aromatic carbocycles. The van der Waals surface area contributed by atoms with Gasteiger partial charge in [0.25, 0.3) is 5.69 Å². The first-order chi connectivity index (χ1) is 10.2. The highest BCUT2D eigenvalue weighted by atomic mass is 16.6. The zero-order chi connectivity index (χ0) is 16.5. The number of phenols is 2. The lowest BCUT2D eigenvalue weighted by molar-refractivity contribution is -0.386. The van der Waals surface area contributed by atoms with Crippen molar-refractivity contribution < 1.29 is 25.0 Å². The molecule has 0 spiro atoms. The second-order valence-corrected chi connectivity index (χ2v) is 4.88. The van der Waals surface area contributed by atoms with Gasteiger partial charge in [-0.3, -0.25) is 14.9 Å². The molecule has 0 amide bonds. The first kappa shape index (κ1) is 15.5. The van der Waals surface area contributed by atoms with Crippen LogP contribution >= 0.6 is 0 Å². The van der Waals surface area contributed by atoms with E-state index < -0.39 is 27.7 Å². The summed E-state index contributed by atoms with van der Waals surface area (Å²) in [6, 6.07) is 8.57. The van der Waals surface area contributed by atoms with Gasteiger partial charge in [0, 0.05) is 12.1 Å². The molecule has 0 aliphatic rings. The predicted molar refractivity (Wildman–Crippen MR) is 76.8 cm³/mol. The van der Waals surface area contributed by atoms with E-state index in [2.05, 4.69) is 0 Å². The van der Waals surface area contributed by atoms with Crippen LogP contribution in [0.15, 0.2) is 42.5 Å². The van der Waals surface area contributed by atoms with Crippen LogP contribution in [0.3, 0.4) is 0 Å². The van der Waals surface area contributed by atoms with Crippen molar-refractivity contribution in [1.29, 1.82) is 0 Å². The van der Waals surface area contributed by atoms with E-state index in [-0.39, 0.29) is 16.9 Å². The van der Waals surface area contributed by atoms with Crippen LogP contribution in [0.5, 0.6) is 11.5 Å². The average molecular weight is 303 g/mol. The van der Waals surface area contributed by atoms with Gasteiger partial charge in [0.2, 0.25) is 5.78 Å². The summed E-state index contributed by atoms with van der Waals surface area (Å²) in [5.74, 6) is -1.69. The molecule has 0 saturated carbocycles. The topological polar surface area (TPSA) is 121 Å². The second kappa shape index (κ2) is 5.45. The zero-order valence-electron chi connectivity index (χ0n) is 11.6. The molecule has 0 radical (unpaired) electrons. The molecule has 1 atom stereocenters. The van der Waals surface area contributed by atoms with E-state index in [1.54, 1.807) is 0 Å². The van der Waals surface area contributed by atoms with Gasteiger partial charge in [0.15, 0.2) is 5.60 Å². The van der Waals surface area contributed by atoms with Gasteiger partial charge in [-0.05, 0) is 25.1 Å². The zero-order valence-corrected chi connectivity index (χ0v) is 11.6. The molecule has 1 unspecified atom stereocenters.